The predicted molar refractivity (Wildman–Crippen MR) is 118 cm³/mol. The number of carbonyl (C=O) groups is 2. The van der Waals surface area contributed by atoms with E-state index < -0.39 is 22.0 Å². The molecular formula is C22H25N3O6S. The number of hydrogen-bond acceptors (Lipinski definition) is 6. The molecule has 2 aliphatic heterocycles. The summed E-state index contributed by atoms with van der Waals surface area (Å²) in [5.41, 5.74) is 1.18. The molecule has 2 aromatic carbocycles. The van der Waals surface area contributed by atoms with Gasteiger partial charge in [0.1, 0.15) is 0 Å². The Morgan fingerprint density at radius 1 is 1.06 bits per heavy atom. The standard InChI is InChI=1S/C22H25N3O6S/c1-15(22(27)23-16-5-2-6-17(13-16)25-10-3-7-21(25)26)24-32(28,29)18-8-9-19-20(14-18)31-12-4-11-30-19/h2,5-6,8-9,13-15,24H,3-4,7,10-12H2,1H3,(H,23,27)/t15-/m1/s1. The predicted octanol–water partition coefficient (Wildman–Crippen LogP) is 2.28. The number of nitrogens with one attached hydrogen (secondary N) is 2. The van der Waals surface area contributed by atoms with E-state index in [0.29, 0.717) is 55.5 Å². The van der Waals surface area contributed by atoms with Crippen molar-refractivity contribution in [2.45, 2.75) is 37.1 Å². The summed E-state index contributed by atoms with van der Waals surface area (Å²) in [5.74, 6) is 0.372. The molecule has 0 spiro atoms. The van der Waals surface area contributed by atoms with Crippen molar-refractivity contribution < 1.29 is 27.5 Å². The van der Waals surface area contributed by atoms with Gasteiger partial charge in [-0.2, -0.15) is 4.72 Å². The Balaban J connectivity index is 1.43. The molecule has 0 unspecified atom stereocenters. The SMILES string of the molecule is C[C@@H](NS(=O)(=O)c1ccc2c(c1)OCCCO2)C(=O)Nc1cccc(N2CCCC2=O)c1. The van der Waals surface area contributed by atoms with Crippen LogP contribution in [0.3, 0.4) is 0 Å². The molecule has 32 heavy (non-hydrogen) atoms. The highest BCUT2D eigenvalue weighted by molar-refractivity contribution is 7.89. The van der Waals surface area contributed by atoms with E-state index in [4.69, 9.17) is 9.47 Å². The Morgan fingerprint density at radius 2 is 1.84 bits per heavy atom. The molecular weight excluding hydrogens is 434 g/mol. The number of sulfonamides is 1. The second-order valence-electron chi connectivity index (χ2n) is 7.69. The molecule has 2 N–H and O–H groups in total. The van der Waals surface area contributed by atoms with Gasteiger partial charge in [0.05, 0.1) is 24.2 Å². The zero-order valence-corrected chi connectivity index (χ0v) is 18.5. The topological polar surface area (TPSA) is 114 Å². The third kappa shape index (κ3) is 4.86. The van der Waals surface area contributed by atoms with Gasteiger partial charge in [-0.15, -0.1) is 0 Å². The first kappa shape index (κ1) is 22.1. The highest BCUT2D eigenvalue weighted by Crippen LogP contribution is 2.32. The number of nitrogens with zero attached hydrogens (tertiary/aromatic N) is 1. The van der Waals surface area contributed by atoms with Crippen LogP contribution in [0.4, 0.5) is 11.4 Å². The number of rotatable bonds is 6. The van der Waals surface area contributed by atoms with Gasteiger partial charge in [-0.05, 0) is 43.7 Å². The Hall–Kier alpha value is -3.11. The fraction of sp³-hybridized carbons (Fsp3) is 0.364. The molecule has 0 aromatic heterocycles. The van der Waals surface area contributed by atoms with Crippen molar-refractivity contribution in [3.8, 4) is 11.5 Å². The van der Waals surface area contributed by atoms with Crippen molar-refractivity contribution >= 4 is 33.2 Å². The highest BCUT2D eigenvalue weighted by Gasteiger charge is 2.25. The van der Waals surface area contributed by atoms with Crippen LogP contribution in [0.15, 0.2) is 47.4 Å². The first-order valence-corrected chi connectivity index (χ1v) is 11.9. The summed E-state index contributed by atoms with van der Waals surface area (Å²) in [7, 11) is -3.97. The lowest BCUT2D eigenvalue weighted by Gasteiger charge is -2.18. The van der Waals surface area contributed by atoms with Crippen molar-refractivity contribution in [3.63, 3.8) is 0 Å². The quantitative estimate of drug-likeness (QED) is 0.685. The van der Waals surface area contributed by atoms with E-state index in [-0.39, 0.29) is 10.8 Å². The highest BCUT2D eigenvalue weighted by atomic mass is 32.2. The average molecular weight is 460 g/mol. The summed E-state index contributed by atoms with van der Waals surface area (Å²) in [6.07, 6.45) is 2.02. The summed E-state index contributed by atoms with van der Waals surface area (Å²) >= 11 is 0. The minimum Gasteiger partial charge on any atom is -0.490 e. The van der Waals surface area contributed by atoms with Crippen molar-refractivity contribution in [1.29, 1.82) is 0 Å². The normalized spacial score (nSPS) is 17.0. The summed E-state index contributed by atoms with van der Waals surface area (Å²) < 4.78 is 39.1. The molecule has 0 bridgehead atoms. The van der Waals surface area contributed by atoms with Crippen LogP contribution in [0.1, 0.15) is 26.2 Å². The van der Waals surface area contributed by atoms with E-state index in [1.807, 2.05) is 0 Å². The second kappa shape index (κ2) is 9.17. The molecule has 0 aliphatic carbocycles. The molecule has 2 aromatic rings. The van der Waals surface area contributed by atoms with Gasteiger partial charge in [-0.1, -0.05) is 6.07 Å². The van der Waals surface area contributed by atoms with Crippen molar-refractivity contribution in [3.05, 3.63) is 42.5 Å². The second-order valence-corrected chi connectivity index (χ2v) is 9.40. The van der Waals surface area contributed by atoms with Crippen LogP contribution in [-0.2, 0) is 19.6 Å². The van der Waals surface area contributed by atoms with E-state index in [0.717, 1.165) is 6.42 Å². The van der Waals surface area contributed by atoms with Crippen LogP contribution in [0, 0.1) is 0 Å². The van der Waals surface area contributed by atoms with Gasteiger partial charge in [-0.3, -0.25) is 9.59 Å². The third-order valence-electron chi connectivity index (χ3n) is 5.25. The maximum absolute atomic E-state index is 12.8. The van der Waals surface area contributed by atoms with E-state index in [9.17, 15) is 18.0 Å². The zero-order valence-electron chi connectivity index (χ0n) is 17.7. The molecule has 1 atom stereocenters. The number of anilines is 2. The number of amides is 2. The lowest BCUT2D eigenvalue weighted by molar-refractivity contribution is -0.117. The van der Waals surface area contributed by atoms with Crippen molar-refractivity contribution in [1.82, 2.24) is 4.72 Å². The molecule has 1 saturated heterocycles. The van der Waals surface area contributed by atoms with Gasteiger partial charge in [-0.25, -0.2) is 8.42 Å². The van der Waals surface area contributed by atoms with E-state index in [1.165, 1.54) is 19.1 Å². The minimum atomic E-state index is -3.97. The Morgan fingerprint density at radius 3 is 2.59 bits per heavy atom. The molecule has 1 fully saturated rings. The van der Waals surface area contributed by atoms with Crippen LogP contribution in [0.25, 0.3) is 0 Å². The zero-order chi connectivity index (χ0) is 22.7. The molecule has 2 aliphatic rings. The van der Waals surface area contributed by atoms with Gasteiger partial charge in [0.2, 0.25) is 21.8 Å². The number of fused-ring (bicyclic) bond motifs is 1. The molecule has 0 saturated carbocycles. The molecule has 2 amide bonds. The average Bonchev–Trinajstić information content (AvgIpc) is 3.05. The summed E-state index contributed by atoms with van der Waals surface area (Å²) in [4.78, 5) is 26.2. The van der Waals surface area contributed by atoms with Crippen LogP contribution >= 0.6 is 0 Å². The molecule has 4 rings (SSSR count). The molecule has 2 heterocycles. The minimum absolute atomic E-state index is 0.0176. The van der Waals surface area contributed by atoms with Gasteiger partial charge < -0.3 is 19.7 Å². The lowest BCUT2D eigenvalue weighted by Crippen LogP contribution is -2.41. The van der Waals surface area contributed by atoms with Gasteiger partial charge in [0, 0.05) is 36.8 Å². The van der Waals surface area contributed by atoms with E-state index in [2.05, 4.69) is 10.0 Å². The van der Waals surface area contributed by atoms with Crippen LogP contribution in [0.2, 0.25) is 0 Å². The Bertz CT molecular complexity index is 1130. The number of benzene rings is 2. The number of carbonyl (C=O) groups excluding carboxylic acids is 2. The maximum atomic E-state index is 12.8. The van der Waals surface area contributed by atoms with E-state index in [1.54, 1.807) is 35.2 Å². The molecule has 10 heteroatoms. The lowest BCUT2D eigenvalue weighted by atomic mass is 10.2. The van der Waals surface area contributed by atoms with Gasteiger partial charge in [0.15, 0.2) is 11.5 Å². The first-order chi connectivity index (χ1) is 15.3. The Labute approximate surface area is 186 Å². The fourth-order valence-electron chi connectivity index (χ4n) is 3.59. The third-order valence-corrected chi connectivity index (χ3v) is 6.79. The number of hydrogen-bond donors (Lipinski definition) is 2. The Kier molecular flexibility index (Phi) is 6.33. The largest absolute Gasteiger partial charge is 0.490 e. The van der Waals surface area contributed by atoms with E-state index >= 15 is 0 Å². The van der Waals surface area contributed by atoms with Gasteiger partial charge >= 0.3 is 0 Å². The monoisotopic (exact) mass is 459 g/mol. The fourth-order valence-corrected chi connectivity index (χ4v) is 4.81. The van der Waals surface area contributed by atoms with Crippen molar-refractivity contribution in [2.75, 3.05) is 30.0 Å². The maximum Gasteiger partial charge on any atom is 0.242 e. The van der Waals surface area contributed by atoms with Crippen LogP contribution in [0.5, 0.6) is 11.5 Å². The molecule has 170 valence electrons. The smallest absolute Gasteiger partial charge is 0.242 e. The summed E-state index contributed by atoms with van der Waals surface area (Å²) in [5, 5.41) is 2.70. The summed E-state index contributed by atoms with van der Waals surface area (Å²) in [6, 6.07) is 10.2. The first-order valence-electron chi connectivity index (χ1n) is 10.5. The number of ether oxygens (including phenoxy) is 2. The van der Waals surface area contributed by atoms with Gasteiger partial charge in [0.25, 0.3) is 0 Å². The van der Waals surface area contributed by atoms with Crippen LogP contribution < -0.4 is 24.4 Å². The summed E-state index contributed by atoms with van der Waals surface area (Å²) in [6.45, 7) is 3.04. The molecule has 9 nitrogen and oxygen atoms in total. The van der Waals surface area contributed by atoms with Crippen molar-refractivity contribution in [2.24, 2.45) is 0 Å². The van der Waals surface area contributed by atoms with Crippen LogP contribution in [-0.4, -0.2) is 46.0 Å². The molecule has 0 radical (unpaired) electrons.